The van der Waals surface area contributed by atoms with Gasteiger partial charge < -0.3 is 28.4 Å². The van der Waals surface area contributed by atoms with E-state index in [4.69, 9.17) is 28.4 Å². The third-order valence-corrected chi connectivity index (χ3v) is 4.23. The molecule has 21 heavy (non-hydrogen) atoms. The van der Waals surface area contributed by atoms with Gasteiger partial charge in [0.25, 0.3) is 0 Å². The molecular formula is C14H25BrO6. The quantitative estimate of drug-likeness (QED) is 0.546. The summed E-state index contributed by atoms with van der Waals surface area (Å²) in [4.78, 5) is 0. The first-order chi connectivity index (χ1) is 9.73. The summed E-state index contributed by atoms with van der Waals surface area (Å²) in [6.07, 6.45) is -1.65. The van der Waals surface area contributed by atoms with Crippen LogP contribution in [0.2, 0.25) is 0 Å². The van der Waals surface area contributed by atoms with Gasteiger partial charge in [0.15, 0.2) is 17.9 Å². The number of hydrogen-bond acceptors (Lipinski definition) is 6. The summed E-state index contributed by atoms with van der Waals surface area (Å²) in [6.45, 7) is 7.52. The maximum absolute atomic E-state index is 6.05. The number of halogens is 1. The first kappa shape index (κ1) is 17.6. The Hall–Kier alpha value is 0.240. The standard InChI is InChI=1S/C14H25BrO6/c1-13(2)18-8(7-15)9(19-13)10-11(12(16-5)17-6)21-14(3,4)20-10/h8-12H,7H2,1-6H3/t8-,9-,10+,11-/m1/s1. The smallest absolute Gasteiger partial charge is 0.185 e. The highest BCUT2D eigenvalue weighted by molar-refractivity contribution is 9.09. The van der Waals surface area contributed by atoms with Crippen LogP contribution in [0.4, 0.5) is 0 Å². The van der Waals surface area contributed by atoms with Crippen molar-refractivity contribution >= 4 is 15.9 Å². The van der Waals surface area contributed by atoms with Crippen LogP contribution in [0, 0.1) is 0 Å². The van der Waals surface area contributed by atoms with E-state index in [2.05, 4.69) is 15.9 Å². The van der Waals surface area contributed by atoms with Crippen LogP contribution < -0.4 is 0 Å². The topological polar surface area (TPSA) is 55.4 Å². The molecule has 2 heterocycles. The minimum Gasteiger partial charge on any atom is -0.353 e. The molecule has 0 N–H and O–H groups in total. The summed E-state index contributed by atoms with van der Waals surface area (Å²) < 4.78 is 34.6. The van der Waals surface area contributed by atoms with Crippen molar-refractivity contribution in [1.82, 2.24) is 0 Å². The van der Waals surface area contributed by atoms with Crippen molar-refractivity contribution in [1.29, 1.82) is 0 Å². The van der Waals surface area contributed by atoms with Crippen LogP contribution in [-0.2, 0) is 28.4 Å². The van der Waals surface area contributed by atoms with Gasteiger partial charge in [-0.05, 0) is 27.7 Å². The average Bonchev–Trinajstić information content (AvgIpc) is 2.87. The van der Waals surface area contributed by atoms with Gasteiger partial charge in [-0.1, -0.05) is 15.9 Å². The Labute approximate surface area is 134 Å². The maximum Gasteiger partial charge on any atom is 0.185 e. The van der Waals surface area contributed by atoms with Crippen LogP contribution in [0.25, 0.3) is 0 Å². The predicted octanol–water partition coefficient (Wildman–Crippen LogP) is 2.04. The largest absolute Gasteiger partial charge is 0.353 e. The minimum atomic E-state index is -0.725. The number of hydrogen-bond donors (Lipinski definition) is 0. The van der Waals surface area contributed by atoms with Gasteiger partial charge in [-0.25, -0.2) is 0 Å². The summed E-state index contributed by atoms with van der Waals surface area (Å²) in [6, 6.07) is 0. The van der Waals surface area contributed by atoms with E-state index in [9.17, 15) is 0 Å². The Morgan fingerprint density at radius 1 is 0.905 bits per heavy atom. The molecule has 0 unspecified atom stereocenters. The lowest BCUT2D eigenvalue weighted by Crippen LogP contribution is -2.48. The number of rotatable bonds is 5. The molecule has 2 fully saturated rings. The molecule has 0 aromatic rings. The molecule has 0 amide bonds. The SMILES string of the molecule is COC(OC)[C@@H]1OC(C)(C)O[C@H]1[C@@H]1OC(C)(C)O[C@@H]1CBr. The minimum absolute atomic E-state index is 0.126. The molecule has 0 saturated carbocycles. The fourth-order valence-corrected chi connectivity index (χ4v) is 3.41. The molecule has 4 atom stereocenters. The van der Waals surface area contributed by atoms with Crippen LogP contribution in [0.3, 0.4) is 0 Å². The third kappa shape index (κ3) is 3.77. The molecule has 124 valence electrons. The van der Waals surface area contributed by atoms with Gasteiger partial charge in [0, 0.05) is 19.5 Å². The average molecular weight is 369 g/mol. The zero-order valence-corrected chi connectivity index (χ0v) is 15.0. The fraction of sp³-hybridized carbons (Fsp3) is 1.00. The van der Waals surface area contributed by atoms with Crippen LogP contribution in [0.1, 0.15) is 27.7 Å². The molecule has 2 rings (SSSR count). The molecule has 0 aliphatic carbocycles. The molecule has 7 heteroatoms. The van der Waals surface area contributed by atoms with E-state index < -0.39 is 17.9 Å². The lowest BCUT2D eigenvalue weighted by atomic mass is 10.0. The first-order valence-electron chi connectivity index (χ1n) is 7.06. The lowest BCUT2D eigenvalue weighted by molar-refractivity contribution is -0.202. The van der Waals surface area contributed by atoms with Crippen molar-refractivity contribution in [2.24, 2.45) is 0 Å². The van der Waals surface area contributed by atoms with E-state index in [0.717, 1.165) is 0 Å². The molecule has 6 nitrogen and oxygen atoms in total. The summed E-state index contributed by atoms with van der Waals surface area (Å²) in [5.74, 6) is -1.38. The Bertz CT molecular complexity index is 357. The Morgan fingerprint density at radius 3 is 1.95 bits per heavy atom. The third-order valence-electron chi connectivity index (χ3n) is 3.59. The van der Waals surface area contributed by atoms with E-state index >= 15 is 0 Å². The van der Waals surface area contributed by atoms with E-state index in [0.29, 0.717) is 5.33 Å². The molecule has 0 aromatic heterocycles. The van der Waals surface area contributed by atoms with E-state index in [-0.39, 0.29) is 24.4 Å². The van der Waals surface area contributed by atoms with Crippen LogP contribution in [0.5, 0.6) is 0 Å². The van der Waals surface area contributed by atoms with Gasteiger partial charge in [0.1, 0.15) is 18.3 Å². The number of alkyl halides is 1. The molecule has 2 aliphatic heterocycles. The zero-order valence-electron chi connectivity index (χ0n) is 13.4. The Kier molecular flexibility index (Phi) is 5.35. The molecule has 2 aliphatic rings. The molecule has 0 bridgehead atoms. The summed E-state index contributed by atoms with van der Waals surface area (Å²) in [7, 11) is 3.16. The van der Waals surface area contributed by atoms with Crippen molar-refractivity contribution in [3.8, 4) is 0 Å². The van der Waals surface area contributed by atoms with E-state index in [1.54, 1.807) is 14.2 Å². The van der Waals surface area contributed by atoms with Gasteiger partial charge in [-0.2, -0.15) is 0 Å². The molecule has 0 spiro atoms. The number of ether oxygens (including phenoxy) is 6. The highest BCUT2D eigenvalue weighted by Gasteiger charge is 2.55. The second-order valence-electron chi connectivity index (χ2n) is 6.20. The van der Waals surface area contributed by atoms with Crippen LogP contribution >= 0.6 is 15.9 Å². The first-order valence-corrected chi connectivity index (χ1v) is 8.18. The highest BCUT2D eigenvalue weighted by atomic mass is 79.9. The van der Waals surface area contributed by atoms with E-state index in [1.165, 1.54) is 0 Å². The zero-order chi connectivity index (χ0) is 15.8. The monoisotopic (exact) mass is 368 g/mol. The van der Waals surface area contributed by atoms with Crippen molar-refractivity contribution in [3.63, 3.8) is 0 Å². The van der Waals surface area contributed by atoms with Gasteiger partial charge in [0.2, 0.25) is 0 Å². The van der Waals surface area contributed by atoms with Crippen LogP contribution in [0.15, 0.2) is 0 Å². The molecule has 0 radical (unpaired) electrons. The molecular weight excluding hydrogens is 344 g/mol. The van der Waals surface area contributed by atoms with Gasteiger partial charge in [0.05, 0.1) is 6.10 Å². The van der Waals surface area contributed by atoms with Crippen molar-refractivity contribution in [2.75, 3.05) is 19.5 Å². The highest BCUT2D eigenvalue weighted by Crippen LogP contribution is 2.40. The summed E-state index contributed by atoms with van der Waals surface area (Å²) in [5.41, 5.74) is 0. The maximum atomic E-state index is 6.05. The van der Waals surface area contributed by atoms with Crippen molar-refractivity contribution in [2.45, 2.75) is 70.0 Å². The van der Waals surface area contributed by atoms with Gasteiger partial charge >= 0.3 is 0 Å². The Balaban J connectivity index is 2.22. The number of methoxy groups -OCH3 is 2. The lowest BCUT2D eigenvalue weighted by Gasteiger charge is -2.28. The normalized spacial score (nSPS) is 38.3. The molecule has 0 aromatic carbocycles. The predicted molar refractivity (Wildman–Crippen MR) is 79.3 cm³/mol. The van der Waals surface area contributed by atoms with Crippen molar-refractivity contribution < 1.29 is 28.4 Å². The summed E-state index contributed by atoms with van der Waals surface area (Å²) in [5, 5.41) is 0.652. The molecule has 2 saturated heterocycles. The fourth-order valence-electron chi connectivity index (χ4n) is 2.91. The second kappa shape index (κ2) is 6.39. The van der Waals surface area contributed by atoms with Crippen LogP contribution in [-0.4, -0.2) is 61.8 Å². The van der Waals surface area contributed by atoms with Gasteiger partial charge in [-0.3, -0.25) is 0 Å². The van der Waals surface area contributed by atoms with Crippen molar-refractivity contribution in [3.05, 3.63) is 0 Å². The Morgan fingerprint density at radius 2 is 1.43 bits per heavy atom. The second-order valence-corrected chi connectivity index (χ2v) is 6.84. The van der Waals surface area contributed by atoms with Gasteiger partial charge in [-0.15, -0.1) is 0 Å². The van der Waals surface area contributed by atoms with E-state index in [1.807, 2.05) is 27.7 Å². The summed E-state index contributed by atoms with van der Waals surface area (Å²) >= 11 is 3.47.